The predicted molar refractivity (Wildman–Crippen MR) is 124 cm³/mol. The summed E-state index contributed by atoms with van der Waals surface area (Å²) >= 11 is 7.64. The maximum absolute atomic E-state index is 12.7. The molecular weight excluding hydrogens is 442 g/mol. The number of nitrogens with zero attached hydrogens (tertiary/aromatic N) is 2. The van der Waals surface area contributed by atoms with Crippen molar-refractivity contribution in [3.05, 3.63) is 59.1 Å². The molecule has 1 aliphatic rings. The Labute approximate surface area is 187 Å². The SMILES string of the molecule is CCSc1ccccc1C(=O)NCCS(=O)(=O)N1CCN(c2cccc(Cl)c2)CC1. The normalized spacial score (nSPS) is 15.2. The van der Waals surface area contributed by atoms with Crippen LogP contribution < -0.4 is 10.2 Å². The molecule has 0 atom stereocenters. The monoisotopic (exact) mass is 467 g/mol. The van der Waals surface area contributed by atoms with Crippen molar-refractivity contribution < 1.29 is 13.2 Å². The maximum atomic E-state index is 12.7. The van der Waals surface area contributed by atoms with Crippen LogP contribution in [0.15, 0.2) is 53.4 Å². The van der Waals surface area contributed by atoms with Gasteiger partial charge in [-0.3, -0.25) is 4.79 Å². The van der Waals surface area contributed by atoms with Crippen molar-refractivity contribution in [3.63, 3.8) is 0 Å². The van der Waals surface area contributed by atoms with E-state index in [1.807, 2.05) is 49.4 Å². The number of anilines is 1. The first-order valence-electron chi connectivity index (χ1n) is 9.89. The van der Waals surface area contributed by atoms with Gasteiger partial charge in [-0.1, -0.05) is 36.7 Å². The maximum Gasteiger partial charge on any atom is 0.252 e. The molecule has 3 rings (SSSR count). The topological polar surface area (TPSA) is 69.7 Å². The molecule has 0 aromatic heterocycles. The highest BCUT2D eigenvalue weighted by Crippen LogP contribution is 2.23. The molecule has 6 nitrogen and oxygen atoms in total. The van der Waals surface area contributed by atoms with E-state index in [1.165, 1.54) is 4.31 Å². The Bertz CT molecular complexity index is 977. The number of rotatable bonds is 8. The number of nitrogens with one attached hydrogen (secondary N) is 1. The molecule has 0 spiro atoms. The third-order valence-corrected chi connectivity index (χ3v) is 7.95. The third-order valence-electron chi connectivity index (χ3n) is 4.88. The van der Waals surface area contributed by atoms with E-state index in [0.717, 1.165) is 16.3 Å². The van der Waals surface area contributed by atoms with Gasteiger partial charge >= 0.3 is 0 Å². The lowest BCUT2D eigenvalue weighted by atomic mass is 10.2. The second-order valence-corrected chi connectivity index (χ2v) is 10.7. The van der Waals surface area contributed by atoms with Crippen LogP contribution in [0.25, 0.3) is 0 Å². The fraction of sp³-hybridized carbons (Fsp3) is 0.381. The van der Waals surface area contributed by atoms with Crippen molar-refractivity contribution in [1.29, 1.82) is 0 Å². The van der Waals surface area contributed by atoms with E-state index in [2.05, 4.69) is 10.2 Å². The fourth-order valence-corrected chi connectivity index (χ4v) is 5.68. The molecule has 0 saturated carbocycles. The van der Waals surface area contributed by atoms with Crippen LogP contribution in [0.2, 0.25) is 5.02 Å². The lowest BCUT2D eigenvalue weighted by Gasteiger charge is -2.35. The highest BCUT2D eigenvalue weighted by atomic mass is 35.5. The first-order chi connectivity index (χ1) is 14.4. The summed E-state index contributed by atoms with van der Waals surface area (Å²) in [6.45, 7) is 4.15. The zero-order valence-electron chi connectivity index (χ0n) is 16.9. The minimum Gasteiger partial charge on any atom is -0.369 e. The van der Waals surface area contributed by atoms with Crippen molar-refractivity contribution in [3.8, 4) is 0 Å². The Morgan fingerprint density at radius 1 is 1.10 bits per heavy atom. The van der Waals surface area contributed by atoms with Crippen LogP contribution in [0.4, 0.5) is 5.69 Å². The average molecular weight is 468 g/mol. The molecule has 1 amide bonds. The van der Waals surface area contributed by atoms with Crippen LogP contribution in [0.1, 0.15) is 17.3 Å². The van der Waals surface area contributed by atoms with E-state index in [4.69, 9.17) is 11.6 Å². The molecule has 9 heteroatoms. The zero-order valence-corrected chi connectivity index (χ0v) is 19.3. The van der Waals surface area contributed by atoms with Crippen LogP contribution in [0.3, 0.4) is 0 Å². The second-order valence-electron chi connectivity index (χ2n) is 6.87. The molecular formula is C21H26ClN3O3S2. The second kappa shape index (κ2) is 10.5. The number of carbonyl (C=O) groups is 1. The van der Waals surface area contributed by atoms with Crippen molar-refractivity contribution >= 4 is 45.0 Å². The Morgan fingerprint density at radius 2 is 1.83 bits per heavy atom. The molecule has 1 N–H and O–H groups in total. The minimum absolute atomic E-state index is 0.0841. The van der Waals surface area contributed by atoms with E-state index in [0.29, 0.717) is 36.8 Å². The average Bonchev–Trinajstić information content (AvgIpc) is 2.74. The summed E-state index contributed by atoms with van der Waals surface area (Å²) in [7, 11) is -3.43. The van der Waals surface area contributed by atoms with Gasteiger partial charge in [0.25, 0.3) is 5.91 Å². The molecule has 0 unspecified atom stereocenters. The molecule has 30 heavy (non-hydrogen) atoms. The van der Waals surface area contributed by atoms with Crippen LogP contribution >= 0.6 is 23.4 Å². The number of halogens is 1. The zero-order chi connectivity index (χ0) is 21.6. The van der Waals surface area contributed by atoms with Crippen LogP contribution in [0, 0.1) is 0 Å². The van der Waals surface area contributed by atoms with E-state index in [1.54, 1.807) is 17.8 Å². The van der Waals surface area contributed by atoms with Crippen LogP contribution in [0.5, 0.6) is 0 Å². The van der Waals surface area contributed by atoms with E-state index < -0.39 is 10.0 Å². The summed E-state index contributed by atoms with van der Waals surface area (Å²) in [5.74, 6) is 0.506. The van der Waals surface area contributed by atoms with Crippen molar-refractivity contribution in [1.82, 2.24) is 9.62 Å². The third kappa shape index (κ3) is 5.91. The van der Waals surface area contributed by atoms with E-state index in [-0.39, 0.29) is 18.2 Å². The van der Waals surface area contributed by atoms with Gasteiger partial charge in [-0.05, 0) is 36.1 Å². The first-order valence-corrected chi connectivity index (χ1v) is 12.9. The van der Waals surface area contributed by atoms with Crippen LogP contribution in [-0.4, -0.2) is 62.9 Å². The van der Waals surface area contributed by atoms with Gasteiger partial charge in [-0.15, -0.1) is 11.8 Å². The molecule has 2 aromatic carbocycles. The molecule has 2 aromatic rings. The summed E-state index contributed by atoms with van der Waals surface area (Å²) in [5.41, 5.74) is 1.58. The van der Waals surface area contributed by atoms with Crippen molar-refractivity contribution in [2.45, 2.75) is 11.8 Å². The number of thioether (sulfide) groups is 1. The summed E-state index contributed by atoms with van der Waals surface area (Å²) in [4.78, 5) is 15.5. The van der Waals surface area contributed by atoms with Crippen LogP contribution in [-0.2, 0) is 10.0 Å². The molecule has 1 saturated heterocycles. The number of hydrogen-bond acceptors (Lipinski definition) is 5. The number of sulfonamides is 1. The smallest absolute Gasteiger partial charge is 0.252 e. The molecule has 0 bridgehead atoms. The van der Waals surface area contributed by atoms with Gasteiger partial charge in [0, 0.05) is 48.3 Å². The summed E-state index contributed by atoms with van der Waals surface area (Å²) < 4.78 is 26.9. The van der Waals surface area contributed by atoms with Gasteiger partial charge < -0.3 is 10.2 Å². The van der Waals surface area contributed by atoms with Gasteiger partial charge in [0.15, 0.2) is 0 Å². The Balaban J connectivity index is 1.51. The van der Waals surface area contributed by atoms with Crippen molar-refractivity contribution in [2.24, 2.45) is 0 Å². The fourth-order valence-electron chi connectivity index (χ4n) is 3.35. The number of carbonyl (C=O) groups excluding carboxylic acids is 1. The van der Waals surface area contributed by atoms with Gasteiger partial charge in [0.2, 0.25) is 10.0 Å². The highest BCUT2D eigenvalue weighted by Gasteiger charge is 2.27. The lowest BCUT2D eigenvalue weighted by molar-refractivity contribution is 0.0953. The largest absolute Gasteiger partial charge is 0.369 e. The Hall–Kier alpha value is -1.74. The molecule has 0 aliphatic carbocycles. The van der Waals surface area contributed by atoms with Gasteiger partial charge in [-0.25, -0.2) is 8.42 Å². The quantitative estimate of drug-likeness (QED) is 0.603. The van der Waals surface area contributed by atoms with Gasteiger partial charge in [0.1, 0.15) is 0 Å². The summed E-state index contributed by atoms with van der Waals surface area (Å²) in [5, 5.41) is 3.41. The molecule has 0 radical (unpaired) electrons. The Kier molecular flexibility index (Phi) is 8.05. The summed E-state index contributed by atoms with van der Waals surface area (Å²) in [6.07, 6.45) is 0. The standard InChI is InChI=1S/C21H26ClN3O3S2/c1-2-29-20-9-4-3-8-19(20)21(26)23-10-15-30(27,28)25-13-11-24(12-14-25)18-7-5-6-17(22)16-18/h3-9,16H,2,10-15H2,1H3,(H,23,26). The summed E-state index contributed by atoms with van der Waals surface area (Å²) in [6, 6.07) is 14.9. The van der Waals surface area contributed by atoms with Crippen molar-refractivity contribution in [2.75, 3.05) is 49.1 Å². The molecule has 1 fully saturated rings. The highest BCUT2D eigenvalue weighted by molar-refractivity contribution is 7.99. The van der Waals surface area contributed by atoms with Gasteiger partial charge in [-0.2, -0.15) is 4.31 Å². The predicted octanol–water partition coefficient (Wildman–Crippen LogP) is 3.33. The van der Waals surface area contributed by atoms with Gasteiger partial charge in [0.05, 0.1) is 11.3 Å². The Morgan fingerprint density at radius 3 is 2.53 bits per heavy atom. The molecule has 1 aliphatic heterocycles. The molecule has 162 valence electrons. The van der Waals surface area contributed by atoms with E-state index >= 15 is 0 Å². The number of piperazine rings is 1. The number of hydrogen-bond donors (Lipinski definition) is 1. The lowest BCUT2D eigenvalue weighted by Crippen LogP contribution is -2.50. The first kappa shape index (κ1) is 22.9. The minimum atomic E-state index is -3.43. The number of benzene rings is 2. The van der Waals surface area contributed by atoms with E-state index in [9.17, 15) is 13.2 Å². The number of amides is 1. The molecule has 1 heterocycles.